The number of ether oxygens (including phenoxy) is 5. The number of aliphatic hydroxyl groups is 1. The van der Waals surface area contributed by atoms with E-state index in [4.69, 9.17) is 23.7 Å². The highest BCUT2D eigenvalue weighted by atomic mass is 16.9. The fraction of sp³-hybridized carbons (Fsp3) is 0.882. The summed E-state index contributed by atoms with van der Waals surface area (Å²) in [7, 11) is 0. The van der Waals surface area contributed by atoms with Crippen molar-refractivity contribution in [2.24, 2.45) is 0 Å². The summed E-state index contributed by atoms with van der Waals surface area (Å²) in [5, 5.41) is 9.94. The molecule has 0 aliphatic carbocycles. The fourth-order valence-corrected chi connectivity index (χ4v) is 3.59. The third-order valence-electron chi connectivity index (χ3n) is 4.47. The van der Waals surface area contributed by atoms with Crippen LogP contribution in [0.2, 0.25) is 0 Å². The second-order valence-electron chi connectivity index (χ2n) is 7.46. The van der Waals surface area contributed by atoms with Crippen molar-refractivity contribution in [2.75, 3.05) is 0 Å². The largest absolute Gasteiger partial charge is 0.393 e. The summed E-state index contributed by atoms with van der Waals surface area (Å²) < 4.78 is 30.0. The van der Waals surface area contributed by atoms with Crippen LogP contribution in [0, 0.1) is 0 Å². The van der Waals surface area contributed by atoms with Gasteiger partial charge in [0.05, 0.1) is 12.2 Å². The Bertz CT molecular complexity index is 448. The summed E-state index contributed by atoms with van der Waals surface area (Å²) in [5.74, 6) is -1.38. The number of rotatable bonds is 5. The van der Waals surface area contributed by atoms with Gasteiger partial charge in [-0.25, -0.2) is 0 Å². The molecule has 0 saturated carbocycles. The maximum Gasteiger partial charge on any atom is 0.190 e. The fourth-order valence-electron chi connectivity index (χ4n) is 3.59. The molecule has 0 radical (unpaired) electrons. The van der Waals surface area contributed by atoms with Gasteiger partial charge in [0.1, 0.15) is 18.3 Å². The van der Waals surface area contributed by atoms with Gasteiger partial charge in [-0.1, -0.05) is 6.08 Å². The molecule has 1 unspecified atom stereocenters. The molecule has 1 N–H and O–H groups in total. The van der Waals surface area contributed by atoms with Crippen LogP contribution in [0.4, 0.5) is 0 Å². The molecule has 0 spiro atoms. The van der Waals surface area contributed by atoms with E-state index < -0.39 is 24.0 Å². The first-order chi connectivity index (χ1) is 10.7. The molecular weight excluding hydrogens is 300 g/mol. The van der Waals surface area contributed by atoms with Gasteiger partial charge in [0, 0.05) is 0 Å². The maximum absolute atomic E-state index is 9.94. The van der Waals surface area contributed by atoms with Crippen molar-refractivity contribution in [3.63, 3.8) is 0 Å². The summed E-state index contributed by atoms with van der Waals surface area (Å²) >= 11 is 0. The van der Waals surface area contributed by atoms with Crippen molar-refractivity contribution in [1.29, 1.82) is 0 Å². The Morgan fingerprint density at radius 2 is 1.61 bits per heavy atom. The highest BCUT2D eigenvalue weighted by Gasteiger charge is 2.60. The molecule has 132 valence electrons. The highest BCUT2D eigenvalue weighted by Crippen LogP contribution is 2.44. The summed E-state index contributed by atoms with van der Waals surface area (Å²) in [6.07, 6.45) is 1.75. The molecule has 3 fully saturated rings. The molecule has 0 bridgehead atoms. The van der Waals surface area contributed by atoms with Crippen LogP contribution >= 0.6 is 0 Å². The van der Waals surface area contributed by atoms with Gasteiger partial charge in [0.2, 0.25) is 0 Å². The molecule has 3 heterocycles. The van der Waals surface area contributed by atoms with E-state index in [0.717, 1.165) is 0 Å². The van der Waals surface area contributed by atoms with Gasteiger partial charge < -0.3 is 28.8 Å². The predicted molar refractivity (Wildman–Crippen MR) is 82.6 cm³/mol. The maximum atomic E-state index is 9.94. The molecule has 0 aromatic carbocycles. The first-order valence-corrected chi connectivity index (χ1v) is 8.36. The van der Waals surface area contributed by atoms with Crippen LogP contribution in [-0.4, -0.2) is 53.5 Å². The second-order valence-corrected chi connectivity index (χ2v) is 7.46. The molecule has 0 amide bonds. The number of aliphatic hydroxyl groups excluding tert-OH is 1. The van der Waals surface area contributed by atoms with Gasteiger partial charge in [0.25, 0.3) is 0 Å². The second kappa shape index (κ2) is 6.10. The van der Waals surface area contributed by atoms with Crippen LogP contribution in [0.5, 0.6) is 0 Å². The molecule has 0 aromatic heterocycles. The van der Waals surface area contributed by atoms with E-state index in [1.165, 1.54) is 0 Å². The van der Waals surface area contributed by atoms with Gasteiger partial charge >= 0.3 is 0 Å². The van der Waals surface area contributed by atoms with Crippen molar-refractivity contribution in [2.45, 2.75) is 95.3 Å². The summed E-state index contributed by atoms with van der Waals surface area (Å²) in [4.78, 5) is 0. The zero-order valence-electron chi connectivity index (χ0n) is 14.4. The number of fused-ring (bicyclic) bond motifs is 3. The van der Waals surface area contributed by atoms with Crippen molar-refractivity contribution in [3.8, 4) is 0 Å². The van der Waals surface area contributed by atoms with Crippen LogP contribution in [0.25, 0.3) is 0 Å². The Hall–Kier alpha value is -0.500. The lowest BCUT2D eigenvalue weighted by Crippen LogP contribution is -2.55. The lowest BCUT2D eigenvalue weighted by Gasteiger charge is -2.37. The van der Waals surface area contributed by atoms with Gasteiger partial charge in [-0.3, -0.25) is 0 Å². The Morgan fingerprint density at radius 3 is 2.30 bits per heavy atom. The Balaban J connectivity index is 1.72. The first kappa shape index (κ1) is 17.3. The minimum absolute atomic E-state index is 0.194. The molecule has 3 aliphatic rings. The van der Waals surface area contributed by atoms with E-state index in [-0.39, 0.29) is 24.4 Å². The number of hydrogen-bond acceptors (Lipinski definition) is 6. The van der Waals surface area contributed by atoms with E-state index in [1.54, 1.807) is 6.08 Å². The third-order valence-corrected chi connectivity index (χ3v) is 4.47. The Labute approximate surface area is 137 Å². The van der Waals surface area contributed by atoms with E-state index in [9.17, 15) is 5.11 Å². The lowest BCUT2D eigenvalue weighted by molar-refractivity contribution is -0.235. The van der Waals surface area contributed by atoms with Crippen molar-refractivity contribution in [1.82, 2.24) is 0 Å². The Morgan fingerprint density at radius 1 is 1.00 bits per heavy atom. The molecule has 3 rings (SSSR count). The number of hydrogen-bond donors (Lipinski definition) is 1. The van der Waals surface area contributed by atoms with Gasteiger partial charge in [-0.15, -0.1) is 6.58 Å². The molecule has 0 aromatic rings. The monoisotopic (exact) mass is 328 g/mol. The zero-order valence-corrected chi connectivity index (χ0v) is 14.4. The topological polar surface area (TPSA) is 66.4 Å². The highest BCUT2D eigenvalue weighted by molar-refractivity contribution is 5.00. The van der Waals surface area contributed by atoms with Gasteiger partial charge in [0.15, 0.2) is 17.9 Å². The van der Waals surface area contributed by atoms with Crippen molar-refractivity contribution >= 4 is 0 Å². The summed E-state index contributed by atoms with van der Waals surface area (Å²) in [5.41, 5.74) is 0. The molecule has 3 aliphatic heterocycles. The van der Waals surface area contributed by atoms with E-state index in [1.807, 2.05) is 27.7 Å². The summed E-state index contributed by atoms with van der Waals surface area (Å²) in [6, 6.07) is 0. The van der Waals surface area contributed by atoms with Gasteiger partial charge in [-0.05, 0) is 47.0 Å². The molecule has 6 heteroatoms. The van der Waals surface area contributed by atoms with Crippen LogP contribution in [0.3, 0.4) is 0 Å². The SMILES string of the molecule is C=CCC(O)CC[C@H]1O[C@@H]2OC(C)(C)O[C@@H]2[C@H]2OC(C)(C)O[C@H]21. The lowest BCUT2D eigenvalue weighted by atomic mass is 9.94. The Kier molecular flexibility index (Phi) is 4.59. The molecular formula is C17H28O6. The van der Waals surface area contributed by atoms with Crippen molar-refractivity contribution in [3.05, 3.63) is 12.7 Å². The normalized spacial score (nSPS) is 42.0. The molecule has 6 nitrogen and oxygen atoms in total. The van der Waals surface area contributed by atoms with Crippen molar-refractivity contribution < 1.29 is 28.8 Å². The quantitative estimate of drug-likeness (QED) is 0.780. The van der Waals surface area contributed by atoms with Crippen LogP contribution in [0.15, 0.2) is 12.7 Å². The minimum atomic E-state index is -0.701. The van der Waals surface area contributed by atoms with Crippen LogP contribution < -0.4 is 0 Å². The smallest absolute Gasteiger partial charge is 0.190 e. The minimum Gasteiger partial charge on any atom is -0.393 e. The molecule has 6 atom stereocenters. The average molecular weight is 328 g/mol. The third kappa shape index (κ3) is 3.62. The van der Waals surface area contributed by atoms with Gasteiger partial charge in [-0.2, -0.15) is 0 Å². The zero-order chi connectivity index (χ0) is 16.8. The van der Waals surface area contributed by atoms with Crippen LogP contribution in [-0.2, 0) is 23.7 Å². The first-order valence-electron chi connectivity index (χ1n) is 8.36. The molecule has 3 saturated heterocycles. The standard InChI is InChI=1S/C17H28O6/c1-6-7-10(18)8-9-11-12-13(21-16(2,3)20-12)14-15(19-11)23-17(4,5)22-14/h6,10-15,18H,1,7-9H2,2-5H3/t10?,11-,12+,13+,14-,15-/m1/s1. The molecule has 23 heavy (non-hydrogen) atoms. The van der Waals surface area contributed by atoms with E-state index in [0.29, 0.717) is 19.3 Å². The van der Waals surface area contributed by atoms with E-state index in [2.05, 4.69) is 6.58 Å². The average Bonchev–Trinajstić information content (AvgIpc) is 2.90. The predicted octanol–water partition coefficient (Wildman–Crippen LogP) is 2.10. The van der Waals surface area contributed by atoms with Crippen LogP contribution in [0.1, 0.15) is 47.0 Å². The van der Waals surface area contributed by atoms with E-state index >= 15 is 0 Å². The summed E-state index contributed by atoms with van der Waals surface area (Å²) in [6.45, 7) is 11.2.